The van der Waals surface area contributed by atoms with Crippen molar-refractivity contribution in [1.29, 1.82) is 0 Å². The molecule has 0 atom stereocenters. The molecule has 0 heterocycles. The minimum atomic E-state index is 0.0685. The first kappa shape index (κ1) is 13.9. The number of nitrogens with one attached hydrogen (secondary N) is 1. The summed E-state index contributed by atoms with van der Waals surface area (Å²) in [4.78, 5) is 14.2. The van der Waals surface area contributed by atoms with Crippen LogP contribution in [0.3, 0.4) is 0 Å². The van der Waals surface area contributed by atoms with Crippen molar-refractivity contribution >= 4 is 17.3 Å². The average molecular weight is 261 g/mol. The van der Waals surface area contributed by atoms with Crippen LogP contribution in [-0.2, 0) is 4.79 Å². The maximum atomic E-state index is 11.9. The highest BCUT2D eigenvalue weighted by atomic mass is 16.1. The second kappa shape index (κ2) is 6.57. The molecule has 3 N–H and O–H groups in total. The first-order chi connectivity index (χ1) is 9.17. The standard InChI is InChI=1S/C15H23N3O/c1-2-18(11-12-3-4-12)10-9-15(19)17-14-7-5-13(16)6-8-14/h5-8,12H,2-4,9-11,16H2,1H3,(H,17,19). The molecule has 1 aliphatic rings. The summed E-state index contributed by atoms with van der Waals surface area (Å²) >= 11 is 0. The molecule has 1 amide bonds. The van der Waals surface area contributed by atoms with Crippen LogP contribution in [0.2, 0.25) is 0 Å². The Balaban J connectivity index is 1.72. The monoisotopic (exact) mass is 261 g/mol. The highest BCUT2D eigenvalue weighted by molar-refractivity contribution is 5.90. The van der Waals surface area contributed by atoms with Gasteiger partial charge in [0.15, 0.2) is 0 Å². The van der Waals surface area contributed by atoms with E-state index in [9.17, 15) is 4.79 Å². The first-order valence-corrected chi connectivity index (χ1v) is 7.05. The summed E-state index contributed by atoms with van der Waals surface area (Å²) in [6, 6.07) is 7.24. The fourth-order valence-electron chi connectivity index (χ4n) is 2.09. The molecule has 1 aromatic rings. The number of nitrogens with zero attached hydrogens (tertiary/aromatic N) is 1. The molecule has 0 spiro atoms. The van der Waals surface area contributed by atoms with Gasteiger partial charge in [-0.15, -0.1) is 0 Å². The molecular formula is C15H23N3O. The zero-order valence-corrected chi connectivity index (χ0v) is 11.6. The lowest BCUT2D eigenvalue weighted by Crippen LogP contribution is -2.29. The average Bonchev–Trinajstić information content (AvgIpc) is 3.21. The predicted octanol–water partition coefficient (Wildman–Crippen LogP) is 2.33. The molecule has 0 bridgehead atoms. The molecule has 4 nitrogen and oxygen atoms in total. The van der Waals surface area contributed by atoms with Gasteiger partial charge < -0.3 is 16.0 Å². The van der Waals surface area contributed by atoms with Crippen LogP contribution in [0.25, 0.3) is 0 Å². The van der Waals surface area contributed by atoms with E-state index in [1.54, 1.807) is 12.1 Å². The molecule has 1 aromatic carbocycles. The number of nitrogens with two attached hydrogens (primary N) is 1. The largest absolute Gasteiger partial charge is 0.399 e. The van der Waals surface area contributed by atoms with Crippen molar-refractivity contribution in [3.05, 3.63) is 24.3 Å². The van der Waals surface area contributed by atoms with Crippen molar-refractivity contribution in [3.63, 3.8) is 0 Å². The topological polar surface area (TPSA) is 58.4 Å². The first-order valence-electron chi connectivity index (χ1n) is 7.05. The molecule has 0 unspecified atom stereocenters. The molecule has 0 aliphatic heterocycles. The quantitative estimate of drug-likeness (QED) is 0.741. The molecule has 2 rings (SSSR count). The van der Waals surface area contributed by atoms with Gasteiger partial charge in [-0.3, -0.25) is 4.79 Å². The van der Waals surface area contributed by atoms with E-state index in [-0.39, 0.29) is 5.91 Å². The van der Waals surface area contributed by atoms with Crippen molar-refractivity contribution in [3.8, 4) is 0 Å². The Kier molecular flexibility index (Phi) is 4.80. The van der Waals surface area contributed by atoms with E-state index in [4.69, 9.17) is 5.73 Å². The van der Waals surface area contributed by atoms with Crippen LogP contribution in [-0.4, -0.2) is 30.4 Å². The number of amides is 1. The summed E-state index contributed by atoms with van der Waals surface area (Å²) in [5.41, 5.74) is 7.12. The van der Waals surface area contributed by atoms with E-state index in [1.165, 1.54) is 12.8 Å². The molecule has 4 heteroatoms. The Morgan fingerprint density at radius 1 is 1.37 bits per heavy atom. The lowest BCUT2D eigenvalue weighted by atomic mass is 10.2. The minimum Gasteiger partial charge on any atom is -0.399 e. The molecule has 1 saturated carbocycles. The molecule has 104 valence electrons. The summed E-state index contributed by atoms with van der Waals surface area (Å²) < 4.78 is 0. The summed E-state index contributed by atoms with van der Waals surface area (Å²) in [5, 5.41) is 2.90. The van der Waals surface area contributed by atoms with E-state index in [0.717, 1.165) is 31.2 Å². The maximum Gasteiger partial charge on any atom is 0.225 e. The van der Waals surface area contributed by atoms with Gasteiger partial charge in [-0.2, -0.15) is 0 Å². The van der Waals surface area contributed by atoms with Gasteiger partial charge in [0.25, 0.3) is 0 Å². The number of rotatable bonds is 7. The van der Waals surface area contributed by atoms with Gasteiger partial charge in [0.1, 0.15) is 0 Å². The van der Waals surface area contributed by atoms with Gasteiger partial charge in [-0.1, -0.05) is 6.92 Å². The molecule has 1 aliphatic carbocycles. The molecular weight excluding hydrogens is 238 g/mol. The third-order valence-corrected chi connectivity index (χ3v) is 3.51. The lowest BCUT2D eigenvalue weighted by molar-refractivity contribution is -0.116. The van der Waals surface area contributed by atoms with Crippen molar-refractivity contribution in [1.82, 2.24) is 4.90 Å². The summed E-state index contributed by atoms with van der Waals surface area (Å²) in [7, 11) is 0. The van der Waals surface area contributed by atoms with Crippen molar-refractivity contribution in [2.45, 2.75) is 26.2 Å². The normalized spacial score (nSPS) is 14.6. The Bertz CT molecular complexity index is 412. The minimum absolute atomic E-state index is 0.0685. The highest BCUT2D eigenvalue weighted by Gasteiger charge is 2.23. The van der Waals surface area contributed by atoms with Crippen LogP contribution in [0, 0.1) is 5.92 Å². The fraction of sp³-hybridized carbons (Fsp3) is 0.533. The number of carbonyl (C=O) groups excluding carboxylic acids is 1. The number of carbonyl (C=O) groups is 1. The van der Waals surface area contributed by atoms with Gasteiger partial charge in [0, 0.05) is 30.9 Å². The summed E-state index contributed by atoms with van der Waals surface area (Å²) in [6.07, 6.45) is 3.26. The summed E-state index contributed by atoms with van der Waals surface area (Å²) in [5.74, 6) is 0.944. The Morgan fingerprint density at radius 2 is 2.05 bits per heavy atom. The SMILES string of the molecule is CCN(CCC(=O)Nc1ccc(N)cc1)CC1CC1. The highest BCUT2D eigenvalue weighted by Crippen LogP contribution is 2.29. The van der Waals surface area contributed by atoms with E-state index in [2.05, 4.69) is 17.1 Å². The van der Waals surface area contributed by atoms with Crippen LogP contribution in [0.1, 0.15) is 26.2 Å². The predicted molar refractivity (Wildman–Crippen MR) is 78.9 cm³/mol. The van der Waals surface area contributed by atoms with Gasteiger partial charge in [0.2, 0.25) is 5.91 Å². The molecule has 0 saturated heterocycles. The summed E-state index contributed by atoms with van der Waals surface area (Å²) in [6.45, 7) is 5.16. The fourth-order valence-corrected chi connectivity index (χ4v) is 2.09. The Morgan fingerprint density at radius 3 is 2.63 bits per heavy atom. The second-order valence-electron chi connectivity index (χ2n) is 5.26. The van der Waals surface area contributed by atoms with E-state index >= 15 is 0 Å². The van der Waals surface area contributed by atoms with Gasteiger partial charge in [-0.05, 0) is 49.6 Å². The van der Waals surface area contributed by atoms with E-state index in [1.807, 2.05) is 12.1 Å². The van der Waals surface area contributed by atoms with Gasteiger partial charge in [0.05, 0.1) is 0 Å². The van der Waals surface area contributed by atoms with Crippen LogP contribution < -0.4 is 11.1 Å². The Labute approximate surface area is 115 Å². The second-order valence-corrected chi connectivity index (χ2v) is 5.26. The number of anilines is 2. The smallest absolute Gasteiger partial charge is 0.225 e. The lowest BCUT2D eigenvalue weighted by Gasteiger charge is -2.19. The van der Waals surface area contributed by atoms with Gasteiger partial charge >= 0.3 is 0 Å². The number of hydrogen-bond donors (Lipinski definition) is 2. The van der Waals surface area contributed by atoms with Crippen LogP contribution in [0.4, 0.5) is 11.4 Å². The number of benzene rings is 1. The van der Waals surface area contributed by atoms with Gasteiger partial charge in [-0.25, -0.2) is 0 Å². The van der Waals surface area contributed by atoms with E-state index in [0.29, 0.717) is 12.1 Å². The molecule has 19 heavy (non-hydrogen) atoms. The van der Waals surface area contributed by atoms with Crippen LogP contribution in [0.15, 0.2) is 24.3 Å². The van der Waals surface area contributed by atoms with Crippen molar-refractivity contribution < 1.29 is 4.79 Å². The molecule has 0 aromatic heterocycles. The molecule has 0 radical (unpaired) electrons. The molecule has 1 fully saturated rings. The Hall–Kier alpha value is -1.55. The number of nitrogen functional groups attached to an aromatic ring is 1. The number of hydrogen-bond acceptors (Lipinski definition) is 3. The maximum absolute atomic E-state index is 11.9. The van der Waals surface area contributed by atoms with Crippen molar-refractivity contribution in [2.75, 3.05) is 30.7 Å². The zero-order valence-electron chi connectivity index (χ0n) is 11.6. The zero-order chi connectivity index (χ0) is 13.7. The van der Waals surface area contributed by atoms with Crippen LogP contribution in [0.5, 0.6) is 0 Å². The van der Waals surface area contributed by atoms with Crippen LogP contribution >= 0.6 is 0 Å². The van der Waals surface area contributed by atoms with Crippen molar-refractivity contribution in [2.24, 2.45) is 5.92 Å². The third-order valence-electron chi connectivity index (χ3n) is 3.51. The van der Waals surface area contributed by atoms with E-state index < -0.39 is 0 Å². The third kappa shape index (κ3) is 4.91.